The topological polar surface area (TPSA) is 126 Å². The van der Waals surface area contributed by atoms with E-state index >= 15 is 0 Å². The molecule has 0 bridgehead atoms. The Bertz CT molecular complexity index is 762. The van der Waals surface area contributed by atoms with Crippen LogP contribution >= 0.6 is 0 Å². The van der Waals surface area contributed by atoms with Crippen LogP contribution in [0.3, 0.4) is 0 Å². The molecule has 27 heavy (non-hydrogen) atoms. The minimum Gasteiger partial charge on any atom is -0.546 e. The fourth-order valence-corrected chi connectivity index (χ4v) is 2.69. The Morgan fingerprint density at radius 1 is 1.33 bits per heavy atom. The number of esters is 1. The average Bonchev–Trinajstić information content (AvgIpc) is 2.61. The quantitative estimate of drug-likeness (QED) is 0.653. The van der Waals surface area contributed by atoms with Crippen LogP contribution in [0.25, 0.3) is 0 Å². The highest BCUT2D eigenvalue weighted by atomic mass is 16.5. The van der Waals surface area contributed by atoms with E-state index in [1.807, 2.05) is 0 Å². The van der Waals surface area contributed by atoms with Crippen LogP contribution in [0.15, 0.2) is 30.5 Å². The number of benzene rings is 1. The third-order valence-corrected chi connectivity index (χ3v) is 3.99. The van der Waals surface area contributed by atoms with E-state index in [1.165, 1.54) is 20.1 Å². The predicted octanol–water partition coefficient (Wildman–Crippen LogP) is 0.259. The van der Waals surface area contributed by atoms with Crippen molar-refractivity contribution in [3.8, 4) is 11.5 Å². The number of carbonyl (C=O) groups excluding carboxylic acids is 3. The van der Waals surface area contributed by atoms with Gasteiger partial charge in [0, 0.05) is 5.70 Å². The highest BCUT2D eigenvalue weighted by Crippen LogP contribution is 2.36. The summed E-state index contributed by atoms with van der Waals surface area (Å²) in [5, 5.41) is 16.0. The van der Waals surface area contributed by atoms with E-state index in [0.29, 0.717) is 5.56 Å². The summed E-state index contributed by atoms with van der Waals surface area (Å²) in [7, 11) is 1.39. The number of rotatable bonds is 7. The number of urea groups is 1. The molecule has 1 aromatic rings. The molecular weight excluding hydrogens is 356 g/mol. The van der Waals surface area contributed by atoms with Crippen molar-refractivity contribution in [3.05, 3.63) is 36.0 Å². The van der Waals surface area contributed by atoms with E-state index < -0.39 is 36.0 Å². The fraction of sp³-hybridized carbons (Fsp3) is 0.389. The Morgan fingerprint density at radius 2 is 2.04 bits per heavy atom. The lowest BCUT2D eigenvalue weighted by atomic mass is 9.89. The molecule has 2 amide bonds. The van der Waals surface area contributed by atoms with Gasteiger partial charge in [-0.3, -0.25) is 4.79 Å². The molecule has 3 atom stereocenters. The van der Waals surface area contributed by atoms with E-state index in [4.69, 9.17) is 14.2 Å². The van der Waals surface area contributed by atoms with Crippen LogP contribution in [0.1, 0.15) is 25.5 Å². The van der Waals surface area contributed by atoms with Crippen LogP contribution in [-0.4, -0.2) is 37.8 Å². The molecule has 0 radical (unpaired) electrons. The van der Waals surface area contributed by atoms with E-state index in [1.54, 1.807) is 19.1 Å². The van der Waals surface area contributed by atoms with Gasteiger partial charge in [0.1, 0.15) is 12.0 Å². The second-order valence-electron chi connectivity index (χ2n) is 5.82. The molecular formula is C18H21N2O7-. The van der Waals surface area contributed by atoms with Gasteiger partial charge in [0.2, 0.25) is 0 Å². The van der Waals surface area contributed by atoms with Gasteiger partial charge in [-0.25, -0.2) is 4.79 Å². The summed E-state index contributed by atoms with van der Waals surface area (Å²) in [5.41, 5.74) is 0.751. The number of hydrogen-bond donors (Lipinski definition) is 2. The summed E-state index contributed by atoms with van der Waals surface area (Å²) >= 11 is 0. The molecule has 0 unspecified atom stereocenters. The molecule has 0 aliphatic carbocycles. The summed E-state index contributed by atoms with van der Waals surface area (Å²) in [6.07, 6.45) is -1.18. The monoisotopic (exact) mass is 377 g/mol. The third kappa shape index (κ3) is 4.49. The first-order valence-electron chi connectivity index (χ1n) is 8.26. The second kappa shape index (κ2) is 8.43. The standard InChI is InChI=1S/C18H22N2O7/c1-5-26-17(23)14-9(2)19-18(24)20-15(14)11-6-7-12(13(8-11)25-4)27-10(3)16(21)22/h6-8,10,14-15H,2,5H2,1,3-4H3,(H,21,22)(H2,19,20,24)/p-1/t10-,14+,15-/m0/s1. The molecule has 0 spiro atoms. The van der Waals surface area contributed by atoms with Crippen LogP contribution in [0.4, 0.5) is 4.79 Å². The van der Waals surface area contributed by atoms with Crippen LogP contribution in [0.5, 0.6) is 11.5 Å². The Kier molecular flexibility index (Phi) is 6.27. The van der Waals surface area contributed by atoms with Crippen LogP contribution in [-0.2, 0) is 14.3 Å². The largest absolute Gasteiger partial charge is 0.546 e. The molecule has 9 nitrogen and oxygen atoms in total. The van der Waals surface area contributed by atoms with Crippen molar-refractivity contribution < 1.29 is 33.7 Å². The Hall–Kier alpha value is -3.23. The predicted molar refractivity (Wildman–Crippen MR) is 91.8 cm³/mol. The van der Waals surface area contributed by atoms with Gasteiger partial charge in [0.05, 0.1) is 25.7 Å². The van der Waals surface area contributed by atoms with Crippen molar-refractivity contribution >= 4 is 18.0 Å². The van der Waals surface area contributed by atoms with Gasteiger partial charge in [-0.15, -0.1) is 0 Å². The summed E-state index contributed by atoms with van der Waals surface area (Å²) in [6.45, 7) is 6.93. The lowest BCUT2D eigenvalue weighted by Gasteiger charge is -2.33. The molecule has 1 heterocycles. The van der Waals surface area contributed by atoms with Gasteiger partial charge in [-0.05, 0) is 31.5 Å². The van der Waals surface area contributed by atoms with Crippen molar-refractivity contribution in [3.63, 3.8) is 0 Å². The first-order chi connectivity index (χ1) is 12.8. The summed E-state index contributed by atoms with van der Waals surface area (Å²) in [6, 6.07) is 3.39. The number of carboxylic acid groups (broad SMARTS) is 1. The lowest BCUT2D eigenvalue weighted by molar-refractivity contribution is -0.312. The normalized spacial score (nSPS) is 20.1. The average molecular weight is 377 g/mol. The van der Waals surface area contributed by atoms with Crippen molar-refractivity contribution in [2.45, 2.75) is 26.0 Å². The molecule has 9 heteroatoms. The molecule has 0 aromatic heterocycles. The molecule has 146 valence electrons. The highest BCUT2D eigenvalue weighted by Gasteiger charge is 2.39. The minimum atomic E-state index is -1.37. The van der Waals surface area contributed by atoms with Crippen molar-refractivity contribution in [1.29, 1.82) is 0 Å². The van der Waals surface area contributed by atoms with E-state index in [2.05, 4.69) is 17.2 Å². The zero-order chi connectivity index (χ0) is 20.1. The number of methoxy groups -OCH3 is 1. The van der Waals surface area contributed by atoms with Crippen LogP contribution in [0, 0.1) is 5.92 Å². The molecule has 0 saturated carbocycles. The smallest absolute Gasteiger partial charge is 0.319 e. The molecule has 1 fully saturated rings. The maximum Gasteiger partial charge on any atom is 0.319 e. The fourth-order valence-electron chi connectivity index (χ4n) is 2.69. The van der Waals surface area contributed by atoms with Crippen molar-refractivity contribution in [2.24, 2.45) is 5.92 Å². The number of nitrogens with one attached hydrogen (secondary N) is 2. The van der Waals surface area contributed by atoms with Crippen LogP contribution in [0.2, 0.25) is 0 Å². The maximum absolute atomic E-state index is 12.3. The highest BCUT2D eigenvalue weighted by molar-refractivity contribution is 5.85. The zero-order valence-corrected chi connectivity index (χ0v) is 15.2. The van der Waals surface area contributed by atoms with E-state index in [9.17, 15) is 19.5 Å². The van der Waals surface area contributed by atoms with Crippen molar-refractivity contribution in [2.75, 3.05) is 13.7 Å². The first kappa shape index (κ1) is 20.1. The molecule has 1 aromatic carbocycles. The Morgan fingerprint density at radius 3 is 2.63 bits per heavy atom. The Balaban J connectivity index is 2.38. The summed E-state index contributed by atoms with van der Waals surface area (Å²) in [4.78, 5) is 35.1. The second-order valence-corrected chi connectivity index (χ2v) is 5.82. The molecule has 1 aliphatic heterocycles. The molecule has 2 rings (SSSR count). The SMILES string of the molecule is C=C1NC(=O)N[C@@H](c2ccc(O[C@@H](C)C(=O)[O-])c(OC)c2)[C@@H]1C(=O)OCC. The van der Waals surface area contributed by atoms with Gasteiger partial charge >= 0.3 is 12.0 Å². The lowest BCUT2D eigenvalue weighted by Crippen LogP contribution is -2.51. The van der Waals surface area contributed by atoms with Gasteiger partial charge in [0.25, 0.3) is 0 Å². The Labute approximate surface area is 156 Å². The van der Waals surface area contributed by atoms with Gasteiger partial charge in [-0.1, -0.05) is 12.6 Å². The minimum absolute atomic E-state index is 0.181. The number of amides is 2. The first-order valence-corrected chi connectivity index (χ1v) is 8.26. The van der Waals surface area contributed by atoms with Crippen molar-refractivity contribution in [1.82, 2.24) is 10.6 Å². The summed E-state index contributed by atoms with van der Waals surface area (Å²) in [5.74, 6) is -2.33. The van der Waals surface area contributed by atoms with Gasteiger partial charge in [0.15, 0.2) is 11.5 Å². The van der Waals surface area contributed by atoms with Gasteiger partial charge < -0.3 is 34.7 Å². The zero-order valence-electron chi connectivity index (χ0n) is 15.2. The molecule has 1 saturated heterocycles. The number of aliphatic carboxylic acids is 1. The number of hydrogen-bond acceptors (Lipinski definition) is 7. The number of carboxylic acids is 1. The number of ether oxygens (including phenoxy) is 3. The number of carbonyl (C=O) groups is 3. The van der Waals surface area contributed by atoms with Crippen LogP contribution < -0.4 is 25.2 Å². The maximum atomic E-state index is 12.3. The van der Waals surface area contributed by atoms with E-state index in [0.717, 1.165) is 0 Å². The van der Waals surface area contributed by atoms with E-state index in [-0.39, 0.29) is 23.8 Å². The summed E-state index contributed by atoms with van der Waals surface area (Å²) < 4.78 is 15.6. The molecule has 2 N–H and O–H groups in total. The third-order valence-electron chi connectivity index (χ3n) is 3.99. The van der Waals surface area contributed by atoms with Gasteiger partial charge in [-0.2, -0.15) is 0 Å². The molecule has 1 aliphatic rings.